The van der Waals surface area contributed by atoms with E-state index in [1.165, 1.54) is 32.1 Å². The van der Waals surface area contributed by atoms with E-state index in [9.17, 15) is 10.2 Å². The van der Waals surface area contributed by atoms with Crippen LogP contribution in [0.5, 0.6) is 0 Å². The summed E-state index contributed by atoms with van der Waals surface area (Å²) in [4.78, 5) is 0. The minimum Gasteiger partial charge on any atom is -0.393 e. The van der Waals surface area contributed by atoms with E-state index in [4.69, 9.17) is 4.74 Å². The van der Waals surface area contributed by atoms with Gasteiger partial charge in [-0.1, -0.05) is 48.5 Å². The highest BCUT2D eigenvalue weighted by atomic mass is 16.5. The normalized spacial score (nSPS) is 61.0. The summed E-state index contributed by atoms with van der Waals surface area (Å²) >= 11 is 0. The summed E-state index contributed by atoms with van der Waals surface area (Å²) in [7, 11) is 1.92. The second kappa shape index (κ2) is 7.47. The molecule has 12 atom stereocenters. The summed E-state index contributed by atoms with van der Waals surface area (Å²) in [5.74, 6) is 2.70. The van der Waals surface area contributed by atoms with Crippen LogP contribution in [0.2, 0.25) is 0 Å². The Kier molecular flexibility index (Phi) is 5.61. The number of aliphatic hydroxyl groups excluding tert-OH is 1. The average molecular weight is 475 g/mol. The van der Waals surface area contributed by atoms with E-state index in [2.05, 4.69) is 55.4 Å². The van der Waals surface area contributed by atoms with E-state index in [1.807, 2.05) is 7.11 Å². The highest BCUT2D eigenvalue weighted by molar-refractivity contribution is 5.20. The molecule has 34 heavy (non-hydrogen) atoms. The molecular formula is C31H54O3. The fourth-order valence-corrected chi connectivity index (χ4v) is 12.0. The molecule has 5 fully saturated rings. The maximum Gasteiger partial charge on any atom is 0.0648 e. The van der Waals surface area contributed by atoms with Crippen molar-refractivity contribution < 1.29 is 14.9 Å². The summed E-state index contributed by atoms with van der Waals surface area (Å²) in [5.41, 5.74) is 0.413. The Labute approximate surface area is 209 Å². The molecule has 0 aromatic heterocycles. The van der Waals surface area contributed by atoms with Gasteiger partial charge in [0.05, 0.1) is 17.8 Å². The van der Waals surface area contributed by atoms with E-state index >= 15 is 0 Å². The molecular weight excluding hydrogens is 420 g/mol. The van der Waals surface area contributed by atoms with Crippen molar-refractivity contribution in [1.82, 2.24) is 0 Å². The van der Waals surface area contributed by atoms with Gasteiger partial charge in [0.2, 0.25) is 0 Å². The summed E-state index contributed by atoms with van der Waals surface area (Å²) in [6, 6.07) is 0. The largest absolute Gasteiger partial charge is 0.393 e. The van der Waals surface area contributed by atoms with Crippen LogP contribution >= 0.6 is 0 Å². The highest BCUT2D eigenvalue weighted by Gasteiger charge is 2.72. The quantitative estimate of drug-likeness (QED) is 0.437. The predicted molar refractivity (Wildman–Crippen MR) is 138 cm³/mol. The fraction of sp³-hybridized carbons (Fsp3) is 1.00. The lowest BCUT2D eigenvalue weighted by molar-refractivity contribution is -0.288. The molecule has 5 saturated carbocycles. The SMILES string of the molecule is CO[C@H]1C[C@]2(C)C(CCC3[C@H]4[C@@H](C)[C@@](C)(O)CC[C@]4(C)CC[C@]32C)[C@@]2(C)CC[C@H](O)C(C)(C)C12. The standard InChI is InChI=1S/C31H54O3/c1-19-24-20-10-11-22-28(5)13-12-23(32)26(2,3)25(28)21(34-9)18-30(22,7)29(20,6)16-14-27(24,4)15-17-31(19,8)33/h19-25,32-33H,10-18H2,1-9H3/t19-,20?,21+,22?,23+,24-,25?,27+,28-,29-,30-,31+/m1/s1. The van der Waals surface area contributed by atoms with Crippen molar-refractivity contribution in [3.63, 3.8) is 0 Å². The third kappa shape index (κ3) is 2.99. The zero-order valence-electron chi connectivity index (χ0n) is 23.7. The molecule has 0 saturated heterocycles. The first-order valence-corrected chi connectivity index (χ1v) is 14.5. The van der Waals surface area contributed by atoms with Crippen molar-refractivity contribution in [2.45, 2.75) is 131 Å². The fourth-order valence-electron chi connectivity index (χ4n) is 12.0. The van der Waals surface area contributed by atoms with Gasteiger partial charge in [-0.25, -0.2) is 0 Å². The second-order valence-corrected chi connectivity index (χ2v) is 15.7. The van der Waals surface area contributed by atoms with Gasteiger partial charge in [-0.2, -0.15) is 0 Å². The topological polar surface area (TPSA) is 49.7 Å². The predicted octanol–water partition coefficient (Wildman–Crippen LogP) is 6.84. The van der Waals surface area contributed by atoms with Gasteiger partial charge in [0.1, 0.15) is 0 Å². The summed E-state index contributed by atoms with van der Waals surface area (Å²) in [5, 5.41) is 22.4. The number of hydrogen-bond acceptors (Lipinski definition) is 3. The van der Waals surface area contributed by atoms with Crippen molar-refractivity contribution in [3.8, 4) is 0 Å². The Balaban J connectivity index is 1.59. The van der Waals surface area contributed by atoms with E-state index in [0.29, 0.717) is 35.0 Å². The molecule has 3 nitrogen and oxygen atoms in total. The van der Waals surface area contributed by atoms with E-state index < -0.39 is 5.60 Å². The third-order valence-corrected chi connectivity index (χ3v) is 14.3. The zero-order valence-corrected chi connectivity index (χ0v) is 23.7. The highest BCUT2D eigenvalue weighted by Crippen LogP contribution is 2.77. The Hall–Kier alpha value is -0.120. The summed E-state index contributed by atoms with van der Waals surface area (Å²) < 4.78 is 6.38. The van der Waals surface area contributed by atoms with Gasteiger partial charge in [0.25, 0.3) is 0 Å². The first-order chi connectivity index (χ1) is 15.6. The van der Waals surface area contributed by atoms with Crippen LogP contribution < -0.4 is 0 Å². The maximum atomic E-state index is 11.4. The molecule has 5 rings (SSSR count). The van der Waals surface area contributed by atoms with Gasteiger partial charge in [-0.3, -0.25) is 0 Å². The third-order valence-electron chi connectivity index (χ3n) is 14.3. The minimum absolute atomic E-state index is 0.117. The Bertz CT molecular complexity index is 819. The minimum atomic E-state index is -0.539. The smallest absolute Gasteiger partial charge is 0.0648 e. The average Bonchev–Trinajstić information content (AvgIpc) is 2.75. The zero-order chi connectivity index (χ0) is 25.1. The van der Waals surface area contributed by atoms with Crippen LogP contribution in [0.3, 0.4) is 0 Å². The van der Waals surface area contributed by atoms with Crippen molar-refractivity contribution >= 4 is 0 Å². The summed E-state index contributed by atoms with van der Waals surface area (Å²) in [6.45, 7) is 19.5. The van der Waals surface area contributed by atoms with E-state index in [1.54, 1.807) is 0 Å². The first-order valence-electron chi connectivity index (χ1n) is 14.5. The van der Waals surface area contributed by atoms with E-state index in [0.717, 1.165) is 25.7 Å². The lowest BCUT2D eigenvalue weighted by Gasteiger charge is -2.75. The van der Waals surface area contributed by atoms with Crippen molar-refractivity contribution in [2.75, 3.05) is 7.11 Å². The monoisotopic (exact) mass is 474 g/mol. The van der Waals surface area contributed by atoms with Crippen LogP contribution in [0.4, 0.5) is 0 Å². The molecule has 2 N–H and O–H groups in total. The van der Waals surface area contributed by atoms with Crippen LogP contribution in [0, 0.1) is 56.7 Å². The molecule has 0 heterocycles. The van der Waals surface area contributed by atoms with Gasteiger partial charge in [-0.05, 0) is 121 Å². The van der Waals surface area contributed by atoms with Crippen molar-refractivity contribution in [1.29, 1.82) is 0 Å². The maximum absolute atomic E-state index is 11.4. The molecule has 5 aliphatic rings. The summed E-state index contributed by atoms with van der Waals surface area (Å²) in [6.07, 6.45) is 10.5. The number of fused-ring (bicyclic) bond motifs is 7. The number of methoxy groups -OCH3 is 1. The molecule has 196 valence electrons. The molecule has 0 bridgehead atoms. The number of ether oxygens (including phenoxy) is 1. The van der Waals surface area contributed by atoms with Crippen LogP contribution in [0.1, 0.15) is 113 Å². The van der Waals surface area contributed by atoms with Gasteiger partial charge in [0, 0.05) is 7.11 Å². The van der Waals surface area contributed by atoms with Crippen LogP contribution in [0.15, 0.2) is 0 Å². The molecule has 0 amide bonds. The van der Waals surface area contributed by atoms with Crippen LogP contribution in [-0.2, 0) is 4.74 Å². The van der Waals surface area contributed by atoms with Gasteiger partial charge in [0.15, 0.2) is 0 Å². The molecule has 3 heteroatoms. The molecule has 0 spiro atoms. The van der Waals surface area contributed by atoms with E-state index in [-0.39, 0.29) is 33.9 Å². The second-order valence-electron chi connectivity index (χ2n) is 15.7. The lowest BCUT2D eigenvalue weighted by Crippen LogP contribution is -2.70. The Morgan fingerprint density at radius 2 is 1.44 bits per heavy atom. The lowest BCUT2D eigenvalue weighted by atomic mass is 9.30. The van der Waals surface area contributed by atoms with Gasteiger partial charge < -0.3 is 14.9 Å². The van der Waals surface area contributed by atoms with Crippen molar-refractivity contribution in [3.05, 3.63) is 0 Å². The molecule has 0 aromatic rings. The number of aliphatic hydroxyl groups is 2. The Morgan fingerprint density at radius 3 is 2.09 bits per heavy atom. The molecule has 0 aliphatic heterocycles. The van der Waals surface area contributed by atoms with Gasteiger partial charge in [-0.15, -0.1) is 0 Å². The van der Waals surface area contributed by atoms with Crippen LogP contribution in [-0.4, -0.2) is 35.1 Å². The first kappa shape index (κ1) is 25.5. The number of hydrogen-bond donors (Lipinski definition) is 2. The van der Waals surface area contributed by atoms with Crippen LogP contribution in [0.25, 0.3) is 0 Å². The van der Waals surface area contributed by atoms with Crippen molar-refractivity contribution in [2.24, 2.45) is 56.7 Å². The van der Waals surface area contributed by atoms with Gasteiger partial charge >= 0.3 is 0 Å². The molecule has 5 aliphatic carbocycles. The molecule has 0 aromatic carbocycles. The Morgan fingerprint density at radius 1 is 0.794 bits per heavy atom. The molecule has 3 unspecified atom stereocenters. The number of rotatable bonds is 1. The molecule has 0 radical (unpaired) electrons.